The van der Waals surface area contributed by atoms with Gasteiger partial charge < -0.3 is 44.2 Å². The molecule has 24 heteroatoms. The summed E-state index contributed by atoms with van der Waals surface area (Å²) < 4.78 is 50.6. The maximum atomic E-state index is 11.6. The summed E-state index contributed by atoms with van der Waals surface area (Å²) >= 11 is 0. The van der Waals surface area contributed by atoms with Gasteiger partial charge in [-0.25, -0.2) is 19.3 Å². The molecular formula is C10H12Li4N5O12P3. The van der Waals surface area contributed by atoms with Crippen molar-refractivity contribution in [2.45, 2.75) is 24.9 Å². The Morgan fingerprint density at radius 2 is 1.68 bits per heavy atom. The zero-order valence-electron chi connectivity index (χ0n) is 18.4. The number of fused-ring (bicyclic) bond motifs is 1. The van der Waals surface area contributed by atoms with E-state index in [4.69, 9.17) is 10.5 Å². The van der Waals surface area contributed by atoms with E-state index in [1.807, 2.05) is 0 Å². The minimum atomic E-state index is -6.08. The van der Waals surface area contributed by atoms with E-state index in [1.165, 1.54) is 10.9 Å². The Hall–Kier alpha value is 1.07. The number of aliphatic hydroxyl groups excluding tert-OH is 1. The largest absolute Gasteiger partial charge is 1.00 e. The smallest absolute Gasteiger partial charge is 0.790 e. The van der Waals surface area contributed by atoms with E-state index in [1.54, 1.807) is 0 Å². The maximum Gasteiger partial charge on any atom is 1.00 e. The predicted molar refractivity (Wildman–Crippen MR) is 85.2 cm³/mol. The van der Waals surface area contributed by atoms with E-state index in [9.17, 15) is 38.4 Å². The summed E-state index contributed by atoms with van der Waals surface area (Å²) in [4.78, 5) is 55.0. The van der Waals surface area contributed by atoms with Crippen LogP contribution in [0.4, 0.5) is 5.82 Å². The van der Waals surface area contributed by atoms with Crippen molar-refractivity contribution in [3.8, 4) is 0 Å². The second kappa shape index (κ2) is 14.3. The number of aliphatic hydroxyl groups is 1. The molecule has 5 atom stereocenters. The van der Waals surface area contributed by atoms with Crippen molar-refractivity contribution >= 4 is 40.4 Å². The van der Waals surface area contributed by atoms with Crippen LogP contribution in [0, 0.1) is 0 Å². The van der Waals surface area contributed by atoms with E-state index in [2.05, 4.69) is 28.1 Å². The number of rotatable bonds is 8. The van der Waals surface area contributed by atoms with Crippen molar-refractivity contribution < 1.29 is 132 Å². The average Bonchev–Trinajstić information content (AvgIpc) is 3.13. The van der Waals surface area contributed by atoms with Gasteiger partial charge in [0.15, 0.2) is 17.7 Å². The molecule has 0 bridgehead atoms. The van der Waals surface area contributed by atoms with E-state index < -0.39 is 48.5 Å². The number of nitrogens with two attached hydrogens (primary N) is 1. The molecule has 3 rings (SSSR count). The van der Waals surface area contributed by atoms with Gasteiger partial charge in [0.2, 0.25) is 0 Å². The van der Waals surface area contributed by atoms with Crippen molar-refractivity contribution in [3.05, 3.63) is 12.7 Å². The van der Waals surface area contributed by atoms with Crippen molar-refractivity contribution in [1.82, 2.24) is 19.5 Å². The first kappa shape index (κ1) is 37.2. The van der Waals surface area contributed by atoms with E-state index in [-0.39, 0.29) is 98.8 Å². The van der Waals surface area contributed by atoms with Gasteiger partial charge >= 0.3 is 75.4 Å². The van der Waals surface area contributed by atoms with Crippen LogP contribution in [0.3, 0.4) is 0 Å². The third-order valence-corrected chi connectivity index (χ3v) is 7.31. The molecule has 2 aromatic rings. The number of phosphoric ester groups is 1. The molecule has 1 saturated heterocycles. The van der Waals surface area contributed by atoms with E-state index in [0.717, 1.165) is 6.33 Å². The molecule has 0 radical (unpaired) electrons. The summed E-state index contributed by atoms with van der Waals surface area (Å²) in [5.74, 6) is 0.0838. The van der Waals surface area contributed by atoms with Gasteiger partial charge in [0.1, 0.15) is 17.9 Å². The van der Waals surface area contributed by atoms with Crippen molar-refractivity contribution in [2.75, 3.05) is 12.3 Å². The normalized spacial score (nSPS) is 23.4. The third kappa shape index (κ3) is 10.1. The Labute approximate surface area is 240 Å². The first-order valence-electron chi connectivity index (χ1n) is 7.74. The summed E-state index contributed by atoms with van der Waals surface area (Å²) in [6.45, 7) is -0.815. The quantitative estimate of drug-likeness (QED) is 0.244. The predicted octanol–water partition coefficient (Wildman–Crippen LogP) is -15.1. The summed E-state index contributed by atoms with van der Waals surface area (Å²) in [5.41, 5.74) is 6.14. The van der Waals surface area contributed by atoms with Crippen molar-refractivity contribution in [3.63, 3.8) is 0 Å². The van der Waals surface area contributed by atoms with Gasteiger partial charge in [0.05, 0.1) is 26.9 Å². The summed E-state index contributed by atoms with van der Waals surface area (Å²) in [7, 11) is -17.8. The number of hydrogen-bond acceptors (Lipinski definition) is 16. The molecule has 3 N–H and O–H groups in total. The molecular weight excluding hydrogens is 503 g/mol. The van der Waals surface area contributed by atoms with Gasteiger partial charge in [-0.3, -0.25) is 18.0 Å². The van der Waals surface area contributed by atoms with Crippen LogP contribution < -0.4 is 101 Å². The molecule has 168 valence electrons. The second-order valence-electron chi connectivity index (χ2n) is 5.84. The zero-order valence-corrected chi connectivity index (χ0v) is 21.1. The number of aromatic nitrogens is 4. The van der Waals surface area contributed by atoms with Gasteiger partial charge in [-0.1, -0.05) is 0 Å². The van der Waals surface area contributed by atoms with Crippen LogP contribution in [0.2, 0.25) is 0 Å². The number of nitrogen functional groups attached to an aromatic ring is 1. The molecule has 1 aliphatic heterocycles. The number of imidazole rings is 1. The van der Waals surface area contributed by atoms with Gasteiger partial charge in [0, 0.05) is 6.42 Å². The third-order valence-electron chi connectivity index (χ3n) is 3.65. The number of anilines is 1. The second-order valence-corrected chi connectivity index (χ2v) is 10.1. The Kier molecular flexibility index (Phi) is 15.6. The molecule has 0 spiro atoms. The fraction of sp³-hybridized carbons (Fsp3) is 0.500. The van der Waals surface area contributed by atoms with Crippen LogP contribution in [0.15, 0.2) is 12.7 Å². The van der Waals surface area contributed by atoms with Crippen LogP contribution in [0.1, 0.15) is 12.6 Å². The number of nitrogens with zero attached hydrogens (tertiary/aromatic N) is 4. The molecule has 34 heavy (non-hydrogen) atoms. The monoisotopic (exact) mass is 515 g/mol. The summed E-state index contributed by atoms with van der Waals surface area (Å²) in [6.07, 6.45) is -1.01. The number of phosphoric acid groups is 3. The standard InChI is InChI=1S/C10H16N5O12P3.4Li/c11-8-7-9(13-3-12-8)15(4-14-7)10-6(16)1-5(25-10)2-24-29(20,21)27-30(22,23)26-28(17,18)19;;;;/h3-6,10,16H,1-2H2,(H,20,21)(H,22,23)(H2,11,12,13)(H2,17,18,19);;;;/q;4*+1/p-4. The first-order chi connectivity index (χ1) is 13.8. The number of ether oxygens (including phenoxy) is 1. The topological polar surface area (TPSA) is 270 Å². The molecule has 0 saturated carbocycles. The van der Waals surface area contributed by atoms with E-state index >= 15 is 0 Å². The molecule has 5 unspecified atom stereocenters. The van der Waals surface area contributed by atoms with Crippen LogP contribution >= 0.6 is 23.5 Å². The maximum absolute atomic E-state index is 11.6. The Balaban J connectivity index is 0. The van der Waals surface area contributed by atoms with Crippen LogP contribution in [-0.4, -0.2) is 43.4 Å². The van der Waals surface area contributed by atoms with Gasteiger partial charge in [-0.2, -0.15) is 0 Å². The average molecular weight is 515 g/mol. The molecule has 0 amide bonds. The Morgan fingerprint density at radius 1 is 1.06 bits per heavy atom. The van der Waals surface area contributed by atoms with Gasteiger partial charge in [0.25, 0.3) is 15.6 Å². The van der Waals surface area contributed by atoms with Gasteiger partial charge in [-0.15, -0.1) is 0 Å². The molecule has 3 heterocycles. The fourth-order valence-electron chi connectivity index (χ4n) is 2.60. The van der Waals surface area contributed by atoms with Crippen LogP contribution in [0.25, 0.3) is 11.2 Å². The minimum absolute atomic E-state index is 0. The Bertz CT molecular complexity index is 1090. The summed E-state index contributed by atoms with van der Waals surface area (Å²) in [5, 5.41) is 10.2. The molecule has 17 nitrogen and oxygen atoms in total. The minimum Gasteiger partial charge on any atom is -0.790 e. The molecule has 0 aromatic carbocycles. The molecule has 1 aliphatic rings. The Morgan fingerprint density at radius 3 is 2.26 bits per heavy atom. The van der Waals surface area contributed by atoms with Crippen LogP contribution in [-0.2, 0) is 31.6 Å². The molecule has 2 aromatic heterocycles. The van der Waals surface area contributed by atoms with E-state index in [0.29, 0.717) is 0 Å². The zero-order chi connectivity index (χ0) is 22.3. The van der Waals surface area contributed by atoms with Crippen molar-refractivity contribution in [1.29, 1.82) is 0 Å². The van der Waals surface area contributed by atoms with Crippen LogP contribution in [0.5, 0.6) is 0 Å². The van der Waals surface area contributed by atoms with Crippen molar-refractivity contribution in [2.24, 2.45) is 0 Å². The molecule has 1 fully saturated rings. The molecule has 0 aliphatic carbocycles. The fourth-order valence-corrected chi connectivity index (χ4v) is 5.49. The van der Waals surface area contributed by atoms with Gasteiger partial charge in [-0.05, 0) is 0 Å². The summed E-state index contributed by atoms with van der Waals surface area (Å²) in [6, 6.07) is 0. The first-order valence-corrected chi connectivity index (χ1v) is 12.1. The SMILES string of the molecule is Nc1ncnc2c1ncn2C1OC(COP(=O)([O-])OP(=O)([O-])OP(=O)([O-])[O-])CC1O.[Li+].[Li+].[Li+].[Li+]. The number of hydrogen-bond donors (Lipinski definition) is 2.